The van der Waals surface area contributed by atoms with Crippen LogP contribution in [0.25, 0.3) is 0 Å². The number of ether oxygens (including phenoxy) is 1. The molecule has 1 atom stereocenters. The summed E-state index contributed by atoms with van der Waals surface area (Å²) < 4.78 is 18.1. The highest BCUT2D eigenvalue weighted by Gasteiger charge is 2.17. The molecule has 18 heavy (non-hydrogen) atoms. The van der Waals surface area contributed by atoms with Gasteiger partial charge >= 0.3 is 0 Å². The molecule has 2 aromatic carbocycles. The Bertz CT molecular complexity index is 557. The van der Waals surface area contributed by atoms with Crippen molar-refractivity contribution in [2.75, 3.05) is 7.11 Å². The molecule has 1 unspecified atom stereocenters. The SMILES string of the molecule is COc1ccccc1C(O)c1ccc(F)cc1Cl. The Balaban J connectivity index is 2.44. The van der Waals surface area contributed by atoms with Gasteiger partial charge in [0.2, 0.25) is 0 Å². The van der Waals surface area contributed by atoms with Crippen LogP contribution < -0.4 is 4.74 Å². The molecule has 2 aromatic rings. The Morgan fingerprint density at radius 3 is 2.56 bits per heavy atom. The molecule has 0 aliphatic carbocycles. The van der Waals surface area contributed by atoms with E-state index in [-0.39, 0.29) is 5.02 Å². The van der Waals surface area contributed by atoms with Crippen molar-refractivity contribution in [1.29, 1.82) is 0 Å². The number of hydrogen-bond donors (Lipinski definition) is 1. The Hall–Kier alpha value is -1.58. The minimum absolute atomic E-state index is 0.188. The van der Waals surface area contributed by atoms with E-state index < -0.39 is 11.9 Å². The molecule has 0 saturated heterocycles. The van der Waals surface area contributed by atoms with Crippen molar-refractivity contribution in [3.8, 4) is 5.75 Å². The number of halogens is 2. The van der Waals surface area contributed by atoms with Crippen molar-refractivity contribution in [3.05, 3.63) is 64.4 Å². The van der Waals surface area contributed by atoms with E-state index in [1.165, 1.54) is 25.3 Å². The smallest absolute Gasteiger partial charge is 0.125 e. The fourth-order valence-corrected chi connectivity index (χ4v) is 2.05. The maximum absolute atomic E-state index is 13.0. The number of para-hydroxylation sites is 1. The van der Waals surface area contributed by atoms with E-state index in [4.69, 9.17) is 16.3 Å². The van der Waals surface area contributed by atoms with Crippen molar-refractivity contribution in [1.82, 2.24) is 0 Å². The van der Waals surface area contributed by atoms with E-state index in [2.05, 4.69) is 0 Å². The van der Waals surface area contributed by atoms with Gasteiger partial charge in [-0.2, -0.15) is 0 Å². The largest absolute Gasteiger partial charge is 0.496 e. The molecule has 0 saturated carbocycles. The molecule has 0 aliphatic heterocycles. The van der Waals surface area contributed by atoms with Crippen LogP contribution in [0.1, 0.15) is 17.2 Å². The predicted molar refractivity (Wildman–Crippen MR) is 68.5 cm³/mol. The minimum Gasteiger partial charge on any atom is -0.496 e. The molecular weight excluding hydrogens is 255 g/mol. The van der Waals surface area contributed by atoms with Crippen LogP contribution in [0.15, 0.2) is 42.5 Å². The van der Waals surface area contributed by atoms with Gasteiger partial charge in [-0.05, 0) is 18.2 Å². The van der Waals surface area contributed by atoms with E-state index in [9.17, 15) is 9.50 Å². The Kier molecular flexibility index (Phi) is 3.84. The second-order valence-corrected chi connectivity index (χ2v) is 4.22. The van der Waals surface area contributed by atoms with Gasteiger partial charge in [-0.15, -0.1) is 0 Å². The summed E-state index contributed by atoms with van der Waals surface area (Å²) in [6.45, 7) is 0. The fraction of sp³-hybridized carbons (Fsp3) is 0.143. The number of aliphatic hydroxyl groups excluding tert-OH is 1. The first-order valence-electron chi connectivity index (χ1n) is 5.39. The van der Waals surface area contributed by atoms with Crippen molar-refractivity contribution in [2.24, 2.45) is 0 Å². The van der Waals surface area contributed by atoms with E-state index in [0.29, 0.717) is 16.9 Å². The first kappa shape index (κ1) is 12.9. The Morgan fingerprint density at radius 1 is 1.17 bits per heavy atom. The molecule has 0 aromatic heterocycles. The van der Waals surface area contributed by atoms with Crippen molar-refractivity contribution >= 4 is 11.6 Å². The molecule has 1 N–H and O–H groups in total. The zero-order chi connectivity index (χ0) is 13.1. The van der Waals surface area contributed by atoms with Crippen LogP contribution in [0.4, 0.5) is 4.39 Å². The van der Waals surface area contributed by atoms with Crippen molar-refractivity contribution in [2.45, 2.75) is 6.10 Å². The number of rotatable bonds is 3. The average Bonchev–Trinajstić information content (AvgIpc) is 2.38. The van der Waals surface area contributed by atoms with Gasteiger partial charge in [0.05, 0.1) is 7.11 Å². The van der Waals surface area contributed by atoms with Crippen LogP contribution in [0.5, 0.6) is 5.75 Å². The van der Waals surface area contributed by atoms with Gasteiger partial charge in [-0.3, -0.25) is 0 Å². The quantitative estimate of drug-likeness (QED) is 0.920. The summed E-state index contributed by atoms with van der Waals surface area (Å²) in [6.07, 6.45) is -0.950. The first-order chi connectivity index (χ1) is 8.63. The second kappa shape index (κ2) is 5.38. The lowest BCUT2D eigenvalue weighted by Crippen LogP contribution is -2.03. The summed E-state index contributed by atoms with van der Waals surface area (Å²) >= 11 is 5.93. The van der Waals surface area contributed by atoms with Crippen molar-refractivity contribution in [3.63, 3.8) is 0 Å². The maximum atomic E-state index is 13.0. The van der Waals surface area contributed by atoms with Crippen LogP contribution in [0, 0.1) is 5.82 Å². The third-order valence-corrected chi connectivity index (χ3v) is 3.02. The molecule has 0 aliphatic rings. The minimum atomic E-state index is -0.950. The summed E-state index contributed by atoms with van der Waals surface area (Å²) in [5, 5.41) is 10.5. The highest BCUT2D eigenvalue weighted by Crippen LogP contribution is 2.33. The molecule has 2 nitrogen and oxygen atoms in total. The summed E-state index contributed by atoms with van der Waals surface area (Å²) in [6, 6.07) is 11.0. The summed E-state index contributed by atoms with van der Waals surface area (Å²) in [5.74, 6) is 0.126. The molecule has 2 rings (SSSR count). The summed E-state index contributed by atoms with van der Waals surface area (Å²) in [5.41, 5.74) is 1.04. The first-order valence-corrected chi connectivity index (χ1v) is 5.77. The zero-order valence-corrected chi connectivity index (χ0v) is 10.5. The fourth-order valence-electron chi connectivity index (χ4n) is 1.78. The topological polar surface area (TPSA) is 29.5 Å². The molecular formula is C14H12ClFO2. The lowest BCUT2D eigenvalue weighted by Gasteiger charge is -2.16. The van der Waals surface area contributed by atoms with Gasteiger partial charge in [0.25, 0.3) is 0 Å². The number of methoxy groups -OCH3 is 1. The highest BCUT2D eigenvalue weighted by molar-refractivity contribution is 6.31. The van der Waals surface area contributed by atoms with Gasteiger partial charge < -0.3 is 9.84 Å². The van der Waals surface area contributed by atoms with E-state index in [1.54, 1.807) is 24.3 Å². The van der Waals surface area contributed by atoms with Crippen LogP contribution in [0.2, 0.25) is 5.02 Å². The van der Waals surface area contributed by atoms with E-state index >= 15 is 0 Å². The Labute approximate surface area is 110 Å². The zero-order valence-electron chi connectivity index (χ0n) is 9.73. The number of hydrogen-bond acceptors (Lipinski definition) is 2. The predicted octanol–water partition coefficient (Wildman–Crippen LogP) is 3.57. The molecule has 0 fully saturated rings. The van der Waals surface area contributed by atoms with Gasteiger partial charge in [0, 0.05) is 16.1 Å². The van der Waals surface area contributed by atoms with Crippen molar-refractivity contribution < 1.29 is 14.2 Å². The average molecular weight is 267 g/mol. The number of benzene rings is 2. The molecule has 0 heterocycles. The maximum Gasteiger partial charge on any atom is 0.125 e. The molecule has 94 valence electrons. The third kappa shape index (κ3) is 2.47. The Morgan fingerprint density at radius 2 is 1.89 bits per heavy atom. The van der Waals surface area contributed by atoms with Gasteiger partial charge in [-0.1, -0.05) is 35.9 Å². The van der Waals surface area contributed by atoms with Crippen LogP contribution in [-0.4, -0.2) is 12.2 Å². The molecule has 0 spiro atoms. The third-order valence-electron chi connectivity index (χ3n) is 2.69. The highest BCUT2D eigenvalue weighted by atomic mass is 35.5. The second-order valence-electron chi connectivity index (χ2n) is 3.81. The van der Waals surface area contributed by atoms with E-state index in [1.807, 2.05) is 0 Å². The molecule has 4 heteroatoms. The molecule has 0 radical (unpaired) electrons. The summed E-state index contributed by atoms with van der Waals surface area (Å²) in [7, 11) is 1.53. The molecule has 0 bridgehead atoms. The van der Waals surface area contributed by atoms with Crippen LogP contribution in [-0.2, 0) is 0 Å². The normalized spacial score (nSPS) is 12.2. The lowest BCUT2D eigenvalue weighted by molar-refractivity contribution is 0.214. The monoisotopic (exact) mass is 266 g/mol. The lowest BCUT2D eigenvalue weighted by atomic mass is 10.0. The van der Waals surface area contributed by atoms with Gasteiger partial charge in [-0.25, -0.2) is 4.39 Å². The van der Waals surface area contributed by atoms with Gasteiger partial charge in [0.1, 0.15) is 17.7 Å². The van der Waals surface area contributed by atoms with Gasteiger partial charge in [0.15, 0.2) is 0 Å². The molecule has 0 amide bonds. The number of aliphatic hydroxyl groups is 1. The summed E-state index contributed by atoms with van der Waals surface area (Å²) in [4.78, 5) is 0. The van der Waals surface area contributed by atoms with Crippen LogP contribution in [0.3, 0.4) is 0 Å². The standard InChI is InChI=1S/C14H12ClFO2/c1-18-13-5-3-2-4-11(13)14(17)10-7-6-9(16)8-12(10)15/h2-8,14,17H,1H3. The van der Waals surface area contributed by atoms with Crippen LogP contribution >= 0.6 is 11.6 Å². The van der Waals surface area contributed by atoms with E-state index in [0.717, 1.165) is 0 Å².